The Morgan fingerprint density at radius 2 is 2.17 bits per heavy atom. The van der Waals surface area contributed by atoms with Crippen LogP contribution >= 0.6 is 0 Å². The summed E-state index contributed by atoms with van der Waals surface area (Å²) in [6.07, 6.45) is -1.49. The van der Waals surface area contributed by atoms with Crippen LogP contribution in [0.15, 0.2) is 24.3 Å². The topological polar surface area (TPSA) is 108 Å². The molecule has 0 fully saturated rings. The molecular formula is C12H15N3O3. The second kappa shape index (κ2) is 7.27. The fraction of sp³-hybridized carbons (Fsp3) is 0.333. The fourth-order valence-corrected chi connectivity index (χ4v) is 1.36. The molecule has 0 radical (unpaired) electrons. The second-order valence-electron chi connectivity index (χ2n) is 3.62. The predicted octanol–water partition coefficient (Wildman–Crippen LogP) is 0.277. The van der Waals surface area contributed by atoms with Crippen molar-refractivity contribution in [2.75, 3.05) is 19.7 Å². The zero-order valence-corrected chi connectivity index (χ0v) is 9.80. The Bertz CT molecular complexity index is 425. The lowest BCUT2D eigenvalue weighted by Gasteiger charge is -2.12. The van der Waals surface area contributed by atoms with Crippen molar-refractivity contribution in [1.29, 1.82) is 5.26 Å². The molecule has 4 N–H and O–H groups in total. The van der Waals surface area contributed by atoms with E-state index in [0.717, 1.165) is 5.56 Å². The van der Waals surface area contributed by atoms with E-state index in [-0.39, 0.29) is 6.61 Å². The summed E-state index contributed by atoms with van der Waals surface area (Å²) in [6, 6.07) is 8.70. The highest BCUT2D eigenvalue weighted by Gasteiger charge is 2.06. The van der Waals surface area contributed by atoms with Crippen LogP contribution in [0.1, 0.15) is 17.2 Å². The summed E-state index contributed by atoms with van der Waals surface area (Å²) in [5.74, 6) is 0. The zero-order valence-electron chi connectivity index (χ0n) is 9.80. The number of aliphatic hydroxyl groups is 1. The second-order valence-corrected chi connectivity index (χ2v) is 3.62. The van der Waals surface area contributed by atoms with Gasteiger partial charge in [0.05, 0.1) is 17.7 Å². The van der Waals surface area contributed by atoms with Gasteiger partial charge in [0, 0.05) is 13.1 Å². The number of nitrogens with one attached hydrogen (secondary N) is 1. The molecule has 96 valence electrons. The number of carbonyl (C=O) groups excluding carboxylic acids is 1. The quantitative estimate of drug-likeness (QED) is 0.627. The summed E-state index contributed by atoms with van der Waals surface area (Å²) < 4.78 is 4.52. The molecule has 0 saturated carbocycles. The molecule has 18 heavy (non-hydrogen) atoms. The molecule has 0 aliphatic rings. The third kappa shape index (κ3) is 4.82. The lowest BCUT2D eigenvalue weighted by Crippen LogP contribution is -2.27. The van der Waals surface area contributed by atoms with E-state index in [1.165, 1.54) is 0 Å². The summed E-state index contributed by atoms with van der Waals surface area (Å²) in [4.78, 5) is 10.3. The molecule has 6 heteroatoms. The van der Waals surface area contributed by atoms with Gasteiger partial charge in [-0.15, -0.1) is 0 Å². The van der Waals surface area contributed by atoms with Crippen LogP contribution < -0.4 is 11.1 Å². The highest BCUT2D eigenvalue weighted by molar-refractivity contribution is 5.64. The van der Waals surface area contributed by atoms with Crippen LogP contribution in [-0.2, 0) is 4.74 Å². The fourth-order valence-electron chi connectivity index (χ4n) is 1.36. The average Bonchev–Trinajstić information content (AvgIpc) is 2.38. The van der Waals surface area contributed by atoms with E-state index >= 15 is 0 Å². The maximum Gasteiger partial charge on any atom is 0.404 e. The van der Waals surface area contributed by atoms with Crippen molar-refractivity contribution < 1.29 is 14.6 Å². The van der Waals surface area contributed by atoms with Crippen molar-refractivity contribution in [3.05, 3.63) is 35.4 Å². The molecule has 1 rings (SSSR count). The van der Waals surface area contributed by atoms with Crippen LogP contribution in [0.25, 0.3) is 0 Å². The van der Waals surface area contributed by atoms with Crippen LogP contribution in [0.2, 0.25) is 0 Å². The van der Waals surface area contributed by atoms with Gasteiger partial charge in [-0.3, -0.25) is 0 Å². The van der Waals surface area contributed by atoms with Crippen LogP contribution in [0.4, 0.5) is 4.79 Å². The molecule has 1 amide bonds. The largest absolute Gasteiger partial charge is 0.448 e. The predicted molar refractivity (Wildman–Crippen MR) is 64.5 cm³/mol. The molecule has 1 aromatic carbocycles. The third-order valence-electron chi connectivity index (χ3n) is 2.29. The molecule has 0 aliphatic carbocycles. The van der Waals surface area contributed by atoms with Crippen LogP contribution in [0, 0.1) is 11.3 Å². The van der Waals surface area contributed by atoms with Gasteiger partial charge in [-0.25, -0.2) is 4.79 Å². The minimum absolute atomic E-state index is 0.162. The minimum atomic E-state index is -0.815. The van der Waals surface area contributed by atoms with E-state index in [1.807, 2.05) is 6.07 Å². The Balaban J connectivity index is 2.29. The number of carbonyl (C=O) groups is 1. The number of nitriles is 1. The summed E-state index contributed by atoms with van der Waals surface area (Å²) in [7, 11) is 0. The number of hydrogen-bond donors (Lipinski definition) is 3. The van der Waals surface area contributed by atoms with Gasteiger partial charge in [-0.1, -0.05) is 12.1 Å². The average molecular weight is 249 g/mol. The normalized spacial score (nSPS) is 11.6. The molecule has 0 saturated heterocycles. The van der Waals surface area contributed by atoms with Crippen molar-refractivity contribution in [3.8, 4) is 6.07 Å². The maximum absolute atomic E-state index is 10.3. The van der Waals surface area contributed by atoms with Gasteiger partial charge < -0.3 is 20.9 Å². The third-order valence-corrected chi connectivity index (χ3v) is 2.29. The van der Waals surface area contributed by atoms with Crippen molar-refractivity contribution in [2.24, 2.45) is 5.73 Å². The molecular weight excluding hydrogens is 234 g/mol. The number of nitrogens with two attached hydrogens (primary N) is 1. The Kier molecular flexibility index (Phi) is 5.64. The van der Waals surface area contributed by atoms with E-state index in [0.29, 0.717) is 18.7 Å². The van der Waals surface area contributed by atoms with Crippen molar-refractivity contribution >= 4 is 6.09 Å². The molecule has 6 nitrogen and oxygen atoms in total. The summed E-state index contributed by atoms with van der Waals surface area (Å²) in [5.41, 5.74) is 6.06. The number of ether oxygens (including phenoxy) is 1. The first-order valence-corrected chi connectivity index (χ1v) is 5.44. The number of aliphatic hydroxyl groups excluding tert-OH is 1. The molecule has 1 atom stereocenters. The first kappa shape index (κ1) is 14.0. The lowest BCUT2D eigenvalue weighted by atomic mass is 10.1. The first-order valence-electron chi connectivity index (χ1n) is 5.44. The zero-order chi connectivity index (χ0) is 13.4. The van der Waals surface area contributed by atoms with Crippen molar-refractivity contribution in [2.45, 2.75) is 6.10 Å². The van der Waals surface area contributed by atoms with Gasteiger partial charge >= 0.3 is 6.09 Å². The van der Waals surface area contributed by atoms with Crippen LogP contribution in [-0.4, -0.2) is 30.9 Å². The van der Waals surface area contributed by atoms with E-state index in [1.54, 1.807) is 24.3 Å². The van der Waals surface area contributed by atoms with Gasteiger partial charge in [0.1, 0.15) is 6.61 Å². The van der Waals surface area contributed by atoms with E-state index in [2.05, 4.69) is 10.1 Å². The van der Waals surface area contributed by atoms with Crippen LogP contribution in [0.5, 0.6) is 0 Å². The van der Waals surface area contributed by atoms with E-state index in [9.17, 15) is 9.90 Å². The molecule has 1 unspecified atom stereocenters. The Morgan fingerprint density at radius 3 is 2.72 bits per heavy atom. The number of benzene rings is 1. The van der Waals surface area contributed by atoms with Gasteiger partial charge in [-0.05, 0) is 17.7 Å². The number of primary amides is 1. The highest BCUT2D eigenvalue weighted by Crippen LogP contribution is 2.12. The number of rotatable bonds is 6. The first-order chi connectivity index (χ1) is 8.63. The highest BCUT2D eigenvalue weighted by atomic mass is 16.5. The Hall–Kier alpha value is -2.10. The maximum atomic E-state index is 10.3. The van der Waals surface area contributed by atoms with Gasteiger partial charge in [0.25, 0.3) is 0 Å². The summed E-state index contributed by atoms with van der Waals surface area (Å²) in [6.45, 7) is 0.903. The van der Waals surface area contributed by atoms with Crippen molar-refractivity contribution in [3.63, 3.8) is 0 Å². The minimum Gasteiger partial charge on any atom is -0.448 e. The standard InChI is InChI=1S/C12H15N3O3/c13-7-9-1-3-10(4-2-9)11(16)8-15-5-6-18-12(14)17/h1-4,11,15-16H,5-6,8H2,(H2,14,17). The molecule has 1 aromatic rings. The van der Waals surface area contributed by atoms with Crippen LogP contribution in [0.3, 0.4) is 0 Å². The SMILES string of the molecule is N#Cc1ccc(C(O)CNCCOC(N)=O)cc1. The molecule has 0 spiro atoms. The van der Waals surface area contributed by atoms with Crippen molar-refractivity contribution in [1.82, 2.24) is 5.32 Å². The Morgan fingerprint density at radius 1 is 1.50 bits per heavy atom. The lowest BCUT2D eigenvalue weighted by molar-refractivity contribution is 0.149. The number of amides is 1. The number of hydrogen-bond acceptors (Lipinski definition) is 5. The molecule has 0 heterocycles. The van der Waals surface area contributed by atoms with Gasteiger partial charge in [0.2, 0.25) is 0 Å². The Labute approximate surface area is 105 Å². The smallest absolute Gasteiger partial charge is 0.404 e. The summed E-state index contributed by atoms with van der Waals surface area (Å²) >= 11 is 0. The van der Waals surface area contributed by atoms with E-state index < -0.39 is 12.2 Å². The number of nitrogens with zero attached hydrogens (tertiary/aromatic N) is 1. The van der Waals surface area contributed by atoms with E-state index in [4.69, 9.17) is 11.0 Å². The molecule has 0 aromatic heterocycles. The molecule has 0 aliphatic heterocycles. The molecule has 0 bridgehead atoms. The van der Waals surface area contributed by atoms with Gasteiger partial charge in [0.15, 0.2) is 0 Å². The van der Waals surface area contributed by atoms with Gasteiger partial charge in [-0.2, -0.15) is 5.26 Å². The monoisotopic (exact) mass is 249 g/mol. The summed E-state index contributed by atoms with van der Waals surface area (Å²) in [5, 5.41) is 21.4.